The summed E-state index contributed by atoms with van der Waals surface area (Å²) in [7, 11) is -5.79. The van der Waals surface area contributed by atoms with Crippen LogP contribution in [0.4, 0.5) is 26.3 Å². The van der Waals surface area contributed by atoms with Crippen LogP contribution in [0.5, 0.6) is 0 Å². The topological polar surface area (TPSA) is 83.8 Å². The Kier molecular flexibility index (Phi) is 5.94. The summed E-state index contributed by atoms with van der Waals surface area (Å²) in [5.74, 6) is -2.87. The number of halogens is 6. The van der Waals surface area contributed by atoms with Crippen LogP contribution in [0.2, 0.25) is 0 Å². The highest BCUT2D eigenvalue weighted by atomic mass is 32.2. The molecule has 5 nitrogen and oxygen atoms in total. The third-order valence-corrected chi connectivity index (χ3v) is 3.87. The highest BCUT2D eigenvalue weighted by Gasteiger charge is 2.74. The number of rotatable bonds is 6. The first-order chi connectivity index (χ1) is 11.1. The fourth-order valence-electron chi connectivity index (χ4n) is 1.92. The van der Waals surface area contributed by atoms with Crippen molar-refractivity contribution in [3.63, 3.8) is 0 Å². The Bertz CT molecular complexity index is 711. The fourth-order valence-corrected chi connectivity index (χ4v) is 2.83. The van der Waals surface area contributed by atoms with Crippen molar-refractivity contribution >= 4 is 16.2 Å². The second-order valence-electron chi connectivity index (χ2n) is 4.85. The molecule has 12 heteroatoms. The first kappa shape index (κ1) is 21.4. The summed E-state index contributed by atoms with van der Waals surface area (Å²) in [4.78, 5) is 0. The van der Waals surface area contributed by atoms with Crippen LogP contribution in [0.3, 0.4) is 0 Å². The van der Waals surface area contributed by atoms with E-state index in [1.165, 1.54) is 18.2 Å². The molecule has 0 radical (unpaired) electrons. The highest BCUT2D eigenvalue weighted by Crippen LogP contribution is 2.48. The van der Waals surface area contributed by atoms with Gasteiger partial charge in [0.25, 0.3) is 15.7 Å². The lowest BCUT2D eigenvalue weighted by atomic mass is 10.0. The van der Waals surface area contributed by atoms with Crippen molar-refractivity contribution in [3.8, 4) is 0 Å². The van der Waals surface area contributed by atoms with E-state index in [2.05, 4.69) is 11.3 Å². The monoisotopic (exact) mass is 394 g/mol. The standard InChI is InChI=1S/C13H12F6O5S/c1-2-8-5-3-4-6-9(8)10(20)24-11(12(14,15)16,13(17,18)19)7-25(21,22)23/h2-6,10,20H,1,7H2,(H,21,22,23). The minimum atomic E-state index is -6.31. The molecule has 0 spiro atoms. The van der Waals surface area contributed by atoms with E-state index < -0.39 is 45.7 Å². The lowest BCUT2D eigenvalue weighted by Crippen LogP contribution is -2.63. The molecule has 0 aliphatic rings. The molecular weight excluding hydrogens is 382 g/mol. The van der Waals surface area contributed by atoms with Crippen molar-refractivity contribution in [1.82, 2.24) is 0 Å². The summed E-state index contributed by atoms with van der Waals surface area (Å²) in [6.45, 7) is 3.28. The molecule has 0 bridgehead atoms. The number of hydrogen-bond acceptors (Lipinski definition) is 4. The average Bonchev–Trinajstić information content (AvgIpc) is 2.42. The summed E-state index contributed by atoms with van der Waals surface area (Å²) in [6, 6.07) is 4.75. The summed E-state index contributed by atoms with van der Waals surface area (Å²) in [5, 5.41) is 9.75. The Morgan fingerprint density at radius 3 is 2.00 bits per heavy atom. The first-order valence-electron chi connectivity index (χ1n) is 6.30. The summed E-state index contributed by atoms with van der Waals surface area (Å²) in [6.07, 6.45) is -14.4. The fraction of sp³-hybridized carbons (Fsp3) is 0.385. The van der Waals surface area contributed by atoms with E-state index in [1.807, 2.05) is 0 Å². The van der Waals surface area contributed by atoms with E-state index in [1.54, 1.807) is 0 Å². The van der Waals surface area contributed by atoms with Gasteiger partial charge in [0.1, 0.15) is 5.75 Å². The maximum atomic E-state index is 13.1. The van der Waals surface area contributed by atoms with Gasteiger partial charge in [0, 0.05) is 5.56 Å². The van der Waals surface area contributed by atoms with Crippen molar-refractivity contribution in [2.45, 2.75) is 24.2 Å². The predicted octanol–water partition coefficient (Wildman–Crippen LogP) is 3.09. The minimum Gasteiger partial charge on any atom is -0.364 e. The molecule has 2 N–H and O–H groups in total. The number of benzene rings is 1. The molecule has 0 amide bonds. The zero-order valence-corrected chi connectivity index (χ0v) is 13.0. The van der Waals surface area contributed by atoms with Gasteiger partial charge in [-0.3, -0.25) is 4.55 Å². The molecule has 0 saturated carbocycles. The third-order valence-electron chi connectivity index (χ3n) is 3.10. The van der Waals surface area contributed by atoms with E-state index in [-0.39, 0.29) is 5.56 Å². The Morgan fingerprint density at radius 2 is 1.60 bits per heavy atom. The largest absolute Gasteiger partial charge is 0.427 e. The van der Waals surface area contributed by atoms with Gasteiger partial charge in [0.15, 0.2) is 6.29 Å². The van der Waals surface area contributed by atoms with Gasteiger partial charge in [-0.05, 0) is 5.56 Å². The zero-order chi connectivity index (χ0) is 19.7. The van der Waals surface area contributed by atoms with Crippen LogP contribution in [0.25, 0.3) is 6.08 Å². The summed E-state index contributed by atoms with van der Waals surface area (Å²) in [5.41, 5.74) is -5.90. The molecular formula is C13H12F6O5S. The van der Waals surface area contributed by atoms with Gasteiger partial charge >= 0.3 is 12.4 Å². The van der Waals surface area contributed by atoms with Gasteiger partial charge < -0.3 is 9.84 Å². The van der Waals surface area contributed by atoms with Crippen molar-refractivity contribution in [1.29, 1.82) is 0 Å². The second kappa shape index (κ2) is 6.94. The van der Waals surface area contributed by atoms with E-state index in [0.717, 1.165) is 12.1 Å². The Hall–Kier alpha value is -1.63. The number of ether oxygens (including phenoxy) is 1. The van der Waals surface area contributed by atoms with Gasteiger partial charge in [0.2, 0.25) is 0 Å². The Morgan fingerprint density at radius 1 is 1.12 bits per heavy atom. The van der Waals surface area contributed by atoms with Crippen LogP contribution in [0.15, 0.2) is 30.8 Å². The van der Waals surface area contributed by atoms with Crippen LogP contribution >= 0.6 is 0 Å². The van der Waals surface area contributed by atoms with Crippen LogP contribution in [-0.4, -0.2) is 41.8 Å². The molecule has 0 aliphatic carbocycles. The van der Waals surface area contributed by atoms with Gasteiger partial charge in [-0.15, -0.1) is 0 Å². The molecule has 0 fully saturated rings. The maximum Gasteiger partial charge on any atom is 0.427 e. The number of aliphatic hydroxyl groups excluding tert-OH is 1. The number of aliphatic hydroxyl groups is 1. The lowest BCUT2D eigenvalue weighted by Gasteiger charge is -2.37. The quantitative estimate of drug-likeness (QED) is 0.440. The molecule has 1 rings (SSSR count). The normalized spacial score (nSPS) is 15.0. The van der Waals surface area contributed by atoms with Gasteiger partial charge in [-0.25, -0.2) is 0 Å². The number of hydrogen-bond donors (Lipinski definition) is 2. The summed E-state index contributed by atoms with van der Waals surface area (Å²) >= 11 is 0. The molecule has 0 aliphatic heterocycles. The predicted molar refractivity (Wildman–Crippen MR) is 73.8 cm³/mol. The second-order valence-corrected chi connectivity index (χ2v) is 6.30. The van der Waals surface area contributed by atoms with E-state index in [9.17, 15) is 39.9 Å². The lowest BCUT2D eigenvalue weighted by molar-refractivity contribution is -0.399. The summed E-state index contributed by atoms with van der Waals surface area (Å²) < 4.78 is 113. The molecule has 1 aromatic carbocycles. The molecule has 1 aromatic rings. The molecule has 0 aromatic heterocycles. The van der Waals surface area contributed by atoms with Crippen LogP contribution in [0.1, 0.15) is 17.4 Å². The average molecular weight is 394 g/mol. The molecule has 1 atom stereocenters. The van der Waals surface area contributed by atoms with Crippen molar-refractivity contribution in [3.05, 3.63) is 42.0 Å². The molecule has 1 unspecified atom stereocenters. The van der Waals surface area contributed by atoms with E-state index >= 15 is 0 Å². The van der Waals surface area contributed by atoms with E-state index in [0.29, 0.717) is 0 Å². The van der Waals surface area contributed by atoms with Crippen molar-refractivity contribution in [2.75, 3.05) is 5.75 Å². The first-order valence-corrected chi connectivity index (χ1v) is 7.91. The van der Waals surface area contributed by atoms with Crippen molar-refractivity contribution in [2.24, 2.45) is 0 Å². The van der Waals surface area contributed by atoms with E-state index in [4.69, 9.17) is 4.55 Å². The Balaban J connectivity index is 3.50. The maximum absolute atomic E-state index is 13.1. The Labute approximate surface area is 138 Å². The zero-order valence-electron chi connectivity index (χ0n) is 12.2. The van der Waals surface area contributed by atoms with Crippen LogP contribution in [-0.2, 0) is 14.9 Å². The molecule has 0 saturated heterocycles. The van der Waals surface area contributed by atoms with Crippen molar-refractivity contribution < 1.29 is 49.2 Å². The SMILES string of the molecule is C=Cc1ccccc1C(O)OC(CS(=O)(=O)O)(C(F)(F)F)C(F)(F)F. The number of alkyl halides is 6. The van der Waals surface area contributed by atoms with Crippen LogP contribution in [0, 0.1) is 0 Å². The smallest absolute Gasteiger partial charge is 0.364 e. The molecule has 0 heterocycles. The highest BCUT2D eigenvalue weighted by molar-refractivity contribution is 7.85. The van der Waals surface area contributed by atoms with Crippen LogP contribution < -0.4 is 0 Å². The minimum absolute atomic E-state index is 0.0416. The van der Waals surface area contributed by atoms with Gasteiger partial charge in [-0.2, -0.15) is 34.8 Å². The molecule has 142 valence electrons. The van der Waals surface area contributed by atoms with Gasteiger partial charge in [0.05, 0.1) is 0 Å². The molecule has 25 heavy (non-hydrogen) atoms. The van der Waals surface area contributed by atoms with Gasteiger partial charge in [-0.1, -0.05) is 36.9 Å². The third kappa shape index (κ3) is 4.71.